The van der Waals surface area contributed by atoms with Crippen molar-refractivity contribution in [3.63, 3.8) is 0 Å². The van der Waals surface area contributed by atoms with Crippen molar-refractivity contribution >= 4 is 38.3 Å². The molecule has 0 saturated carbocycles. The molecule has 0 aliphatic rings. The SMILES string of the molecule is CCc1ccc(OCCC(=O)Nc2nc(-c3ccc(Br)cc3)cs2)cc1. The number of halogens is 1. The molecule has 0 aliphatic heterocycles. The zero-order valence-corrected chi connectivity index (χ0v) is 16.8. The number of benzene rings is 2. The molecule has 0 bridgehead atoms. The summed E-state index contributed by atoms with van der Waals surface area (Å²) < 4.78 is 6.64. The van der Waals surface area contributed by atoms with Gasteiger partial charge >= 0.3 is 0 Å². The zero-order valence-electron chi connectivity index (χ0n) is 14.4. The van der Waals surface area contributed by atoms with Gasteiger partial charge in [-0.15, -0.1) is 11.3 Å². The van der Waals surface area contributed by atoms with E-state index in [1.807, 2.05) is 53.9 Å². The molecule has 0 atom stereocenters. The Morgan fingerprint density at radius 1 is 1.15 bits per heavy atom. The maximum atomic E-state index is 12.1. The minimum absolute atomic E-state index is 0.105. The highest BCUT2D eigenvalue weighted by Crippen LogP contribution is 2.26. The Kier molecular flexibility index (Phi) is 6.41. The third-order valence-corrected chi connectivity index (χ3v) is 5.11. The van der Waals surface area contributed by atoms with Crippen LogP contribution in [-0.4, -0.2) is 17.5 Å². The number of anilines is 1. The fourth-order valence-corrected chi connectivity index (χ4v) is 3.35. The Hall–Kier alpha value is -2.18. The van der Waals surface area contributed by atoms with E-state index in [1.165, 1.54) is 16.9 Å². The first kappa shape index (κ1) is 18.6. The van der Waals surface area contributed by atoms with Gasteiger partial charge in [-0.1, -0.05) is 47.1 Å². The summed E-state index contributed by atoms with van der Waals surface area (Å²) in [6.45, 7) is 2.45. The smallest absolute Gasteiger partial charge is 0.229 e. The Bertz CT molecular complexity index is 860. The molecular weight excluding hydrogens is 412 g/mol. The van der Waals surface area contributed by atoms with Crippen molar-refractivity contribution in [1.82, 2.24) is 4.98 Å². The van der Waals surface area contributed by atoms with Crippen LogP contribution in [0.25, 0.3) is 11.3 Å². The largest absolute Gasteiger partial charge is 0.493 e. The summed E-state index contributed by atoms with van der Waals surface area (Å²) in [4.78, 5) is 16.5. The Morgan fingerprint density at radius 3 is 2.58 bits per heavy atom. The molecule has 1 amide bonds. The topological polar surface area (TPSA) is 51.2 Å². The van der Waals surface area contributed by atoms with Gasteiger partial charge in [-0.2, -0.15) is 0 Å². The lowest BCUT2D eigenvalue weighted by Gasteiger charge is -2.06. The van der Waals surface area contributed by atoms with E-state index < -0.39 is 0 Å². The highest BCUT2D eigenvalue weighted by atomic mass is 79.9. The van der Waals surface area contributed by atoms with Gasteiger partial charge < -0.3 is 10.1 Å². The number of amides is 1. The molecule has 0 spiro atoms. The van der Waals surface area contributed by atoms with Gasteiger partial charge in [0.15, 0.2) is 5.13 Å². The van der Waals surface area contributed by atoms with Crippen molar-refractivity contribution < 1.29 is 9.53 Å². The molecule has 26 heavy (non-hydrogen) atoms. The van der Waals surface area contributed by atoms with Crippen LogP contribution in [0.2, 0.25) is 0 Å². The first-order chi connectivity index (χ1) is 12.6. The highest BCUT2D eigenvalue weighted by Gasteiger charge is 2.08. The number of thiazole rings is 1. The molecule has 3 aromatic rings. The van der Waals surface area contributed by atoms with Gasteiger partial charge in [0, 0.05) is 15.4 Å². The summed E-state index contributed by atoms with van der Waals surface area (Å²) in [5, 5.41) is 5.36. The van der Waals surface area contributed by atoms with Crippen LogP contribution in [0.5, 0.6) is 5.75 Å². The van der Waals surface area contributed by atoms with Gasteiger partial charge in [0.05, 0.1) is 18.7 Å². The normalized spacial score (nSPS) is 10.5. The molecule has 4 nitrogen and oxygen atoms in total. The molecule has 3 rings (SSSR count). The minimum atomic E-state index is -0.105. The van der Waals surface area contributed by atoms with Crippen molar-refractivity contribution in [1.29, 1.82) is 0 Å². The monoisotopic (exact) mass is 430 g/mol. The summed E-state index contributed by atoms with van der Waals surface area (Å²) in [5.41, 5.74) is 3.13. The summed E-state index contributed by atoms with van der Waals surface area (Å²) in [7, 11) is 0. The van der Waals surface area contributed by atoms with Crippen molar-refractivity contribution in [2.24, 2.45) is 0 Å². The lowest BCUT2D eigenvalue weighted by Crippen LogP contribution is -2.15. The standard InChI is InChI=1S/C20H19BrN2O2S/c1-2-14-3-9-17(10-4-14)25-12-11-19(24)23-20-22-18(13-26-20)15-5-7-16(21)8-6-15/h3-10,13H,2,11-12H2,1H3,(H,22,23,24). The Morgan fingerprint density at radius 2 is 1.88 bits per heavy atom. The molecule has 134 valence electrons. The van der Waals surface area contributed by atoms with E-state index in [2.05, 4.69) is 33.2 Å². The second-order valence-electron chi connectivity index (χ2n) is 5.69. The Labute approximate surface area is 165 Å². The predicted octanol–water partition coefficient (Wildman–Crippen LogP) is 5.54. The van der Waals surface area contributed by atoms with Gasteiger partial charge in [0.25, 0.3) is 0 Å². The molecule has 1 heterocycles. The van der Waals surface area contributed by atoms with Crippen LogP contribution in [0.15, 0.2) is 58.4 Å². The zero-order chi connectivity index (χ0) is 18.4. The van der Waals surface area contributed by atoms with E-state index in [0.29, 0.717) is 11.7 Å². The first-order valence-corrected chi connectivity index (χ1v) is 10.0. The lowest BCUT2D eigenvalue weighted by molar-refractivity contribution is -0.116. The maximum Gasteiger partial charge on any atom is 0.229 e. The van der Waals surface area contributed by atoms with Gasteiger partial charge in [0.1, 0.15) is 5.75 Å². The number of aromatic nitrogens is 1. The van der Waals surface area contributed by atoms with Crippen molar-refractivity contribution in [3.8, 4) is 17.0 Å². The number of carbonyl (C=O) groups excluding carboxylic acids is 1. The van der Waals surface area contributed by atoms with Crippen molar-refractivity contribution in [3.05, 3.63) is 63.9 Å². The number of hydrogen-bond donors (Lipinski definition) is 1. The van der Waals surface area contributed by atoms with Crippen LogP contribution in [0.1, 0.15) is 18.9 Å². The molecular formula is C20H19BrN2O2S. The van der Waals surface area contributed by atoms with E-state index in [0.717, 1.165) is 27.9 Å². The number of nitrogens with zero attached hydrogens (tertiary/aromatic N) is 1. The summed E-state index contributed by atoms with van der Waals surface area (Å²) in [5.74, 6) is 0.675. The average molecular weight is 431 g/mol. The third kappa shape index (κ3) is 5.16. The molecule has 6 heteroatoms. The number of aryl methyl sites for hydroxylation is 1. The fraction of sp³-hybridized carbons (Fsp3) is 0.200. The molecule has 1 N–H and O–H groups in total. The summed E-state index contributed by atoms with van der Waals surface area (Å²) in [6, 6.07) is 15.9. The van der Waals surface area contributed by atoms with Crippen LogP contribution < -0.4 is 10.1 Å². The van der Waals surface area contributed by atoms with Crippen molar-refractivity contribution in [2.75, 3.05) is 11.9 Å². The van der Waals surface area contributed by atoms with Gasteiger partial charge in [-0.25, -0.2) is 4.98 Å². The molecule has 0 aliphatic carbocycles. The van der Waals surface area contributed by atoms with Crippen LogP contribution >= 0.6 is 27.3 Å². The van der Waals surface area contributed by atoms with Gasteiger partial charge in [-0.05, 0) is 36.2 Å². The quantitative estimate of drug-likeness (QED) is 0.534. The van der Waals surface area contributed by atoms with E-state index in [-0.39, 0.29) is 12.3 Å². The van der Waals surface area contributed by atoms with Gasteiger partial charge in [-0.3, -0.25) is 4.79 Å². The molecule has 0 saturated heterocycles. The number of rotatable bonds is 7. The summed E-state index contributed by atoms with van der Waals surface area (Å²) in [6.07, 6.45) is 1.28. The van der Waals surface area contributed by atoms with Crippen molar-refractivity contribution in [2.45, 2.75) is 19.8 Å². The predicted molar refractivity (Wildman–Crippen MR) is 110 cm³/mol. The number of carbonyl (C=O) groups is 1. The number of hydrogen-bond acceptors (Lipinski definition) is 4. The van der Waals surface area contributed by atoms with E-state index >= 15 is 0 Å². The Balaban J connectivity index is 1.48. The van der Waals surface area contributed by atoms with E-state index in [9.17, 15) is 4.79 Å². The first-order valence-electron chi connectivity index (χ1n) is 8.37. The van der Waals surface area contributed by atoms with Crippen LogP contribution in [0.4, 0.5) is 5.13 Å². The van der Waals surface area contributed by atoms with Crippen LogP contribution in [0.3, 0.4) is 0 Å². The number of ether oxygens (including phenoxy) is 1. The highest BCUT2D eigenvalue weighted by molar-refractivity contribution is 9.10. The van der Waals surface area contributed by atoms with Crippen LogP contribution in [0, 0.1) is 0 Å². The fourth-order valence-electron chi connectivity index (χ4n) is 2.35. The van der Waals surface area contributed by atoms with E-state index in [1.54, 1.807) is 0 Å². The van der Waals surface area contributed by atoms with E-state index in [4.69, 9.17) is 4.74 Å². The summed E-state index contributed by atoms with van der Waals surface area (Å²) >= 11 is 4.83. The lowest BCUT2D eigenvalue weighted by atomic mass is 10.2. The molecule has 2 aromatic carbocycles. The second kappa shape index (κ2) is 8.96. The molecule has 0 fully saturated rings. The second-order valence-corrected chi connectivity index (χ2v) is 7.46. The van der Waals surface area contributed by atoms with Gasteiger partial charge in [0.2, 0.25) is 5.91 Å². The number of nitrogens with one attached hydrogen (secondary N) is 1. The molecule has 0 radical (unpaired) electrons. The molecule has 0 unspecified atom stereocenters. The van der Waals surface area contributed by atoms with Crippen LogP contribution in [-0.2, 0) is 11.2 Å². The average Bonchev–Trinajstić information content (AvgIpc) is 3.11. The minimum Gasteiger partial charge on any atom is -0.493 e. The third-order valence-electron chi connectivity index (χ3n) is 3.82. The molecule has 1 aromatic heterocycles. The maximum absolute atomic E-state index is 12.1.